The van der Waals surface area contributed by atoms with Crippen molar-refractivity contribution in [1.82, 2.24) is 10.3 Å². The third-order valence-electron chi connectivity index (χ3n) is 2.01. The van der Waals surface area contributed by atoms with Crippen LogP contribution >= 0.6 is 11.3 Å². The van der Waals surface area contributed by atoms with Gasteiger partial charge in [-0.3, -0.25) is 0 Å². The second kappa shape index (κ2) is 6.90. The Balaban J connectivity index is 2.19. The van der Waals surface area contributed by atoms with Crippen LogP contribution in [0, 0.1) is 0 Å². The number of methoxy groups -OCH3 is 1. The van der Waals surface area contributed by atoms with Crippen molar-refractivity contribution in [3.05, 3.63) is 16.1 Å². The molecule has 0 bridgehead atoms. The highest BCUT2D eigenvalue weighted by Crippen LogP contribution is 2.12. The van der Waals surface area contributed by atoms with Gasteiger partial charge in [-0.05, 0) is 6.42 Å². The molecule has 1 heterocycles. The molecular formula is C10H19N3OS. The molecule has 0 aliphatic carbocycles. The van der Waals surface area contributed by atoms with E-state index in [-0.39, 0.29) is 6.04 Å². The summed E-state index contributed by atoms with van der Waals surface area (Å²) in [4.78, 5) is 5.64. The summed E-state index contributed by atoms with van der Waals surface area (Å²) in [5.41, 5.74) is 5.78. The minimum Gasteiger partial charge on any atom is -0.383 e. The molecular weight excluding hydrogens is 210 g/mol. The first kappa shape index (κ1) is 12.6. The molecule has 4 nitrogen and oxygen atoms in total. The highest BCUT2D eigenvalue weighted by atomic mass is 32.1. The van der Waals surface area contributed by atoms with Gasteiger partial charge in [-0.25, -0.2) is 4.98 Å². The van der Waals surface area contributed by atoms with Crippen molar-refractivity contribution in [3.8, 4) is 0 Å². The molecule has 1 unspecified atom stereocenters. The zero-order valence-corrected chi connectivity index (χ0v) is 10.1. The molecule has 0 saturated heterocycles. The van der Waals surface area contributed by atoms with Gasteiger partial charge in [0.15, 0.2) is 0 Å². The molecule has 0 aliphatic rings. The maximum atomic E-state index is 5.78. The van der Waals surface area contributed by atoms with Crippen molar-refractivity contribution < 1.29 is 4.74 Å². The maximum Gasteiger partial charge on any atom is 0.107 e. The van der Waals surface area contributed by atoms with Crippen molar-refractivity contribution in [3.63, 3.8) is 0 Å². The van der Waals surface area contributed by atoms with Gasteiger partial charge in [0.1, 0.15) is 5.01 Å². The van der Waals surface area contributed by atoms with Crippen LogP contribution in [0.25, 0.3) is 0 Å². The van der Waals surface area contributed by atoms with Crippen LogP contribution in [0.15, 0.2) is 6.20 Å². The molecule has 0 spiro atoms. The summed E-state index contributed by atoms with van der Waals surface area (Å²) in [5.74, 6) is 0. The van der Waals surface area contributed by atoms with Crippen LogP contribution in [0.3, 0.4) is 0 Å². The number of nitrogens with zero attached hydrogens (tertiary/aromatic N) is 1. The van der Waals surface area contributed by atoms with E-state index in [9.17, 15) is 0 Å². The number of ether oxygens (including phenoxy) is 1. The van der Waals surface area contributed by atoms with Crippen LogP contribution in [-0.2, 0) is 17.7 Å². The van der Waals surface area contributed by atoms with Gasteiger partial charge in [-0.15, -0.1) is 11.3 Å². The molecule has 1 aromatic rings. The quantitative estimate of drug-likeness (QED) is 0.725. The van der Waals surface area contributed by atoms with Gasteiger partial charge in [0.25, 0.3) is 0 Å². The lowest BCUT2D eigenvalue weighted by Crippen LogP contribution is -2.36. The molecule has 0 aliphatic heterocycles. The predicted octanol–water partition coefficient (Wildman–Crippen LogP) is 0.769. The summed E-state index contributed by atoms with van der Waals surface area (Å²) in [6.45, 7) is 4.28. The molecule has 0 aromatic carbocycles. The molecule has 3 N–H and O–H groups in total. The number of hydrogen-bond acceptors (Lipinski definition) is 5. The largest absolute Gasteiger partial charge is 0.383 e. The Kier molecular flexibility index (Phi) is 5.78. The van der Waals surface area contributed by atoms with Gasteiger partial charge in [-0.2, -0.15) is 0 Å². The van der Waals surface area contributed by atoms with E-state index in [1.54, 1.807) is 18.4 Å². The molecule has 15 heavy (non-hydrogen) atoms. The topological polar surface area (TPSA) is 60.2 Å². The lowest BCUT2D eigenvalue weighted by atomic mass is 10.3. The Morgan fingerprint density at radius 3 is 3.07 bits per heavy atom. The monoisotopic (exact) mass is 229 g/mol. The number of thiazole rings is 1. The molecule has 1 atom stereocenters. The Hall–Kier alpha value is -0.490. The van der Waals surface area contributed by atoms with Crippen LogP contribution in [-0.4, -0.2) is 31.3 Å². The van der Waals surface area contributed by atoms with E-state index >= 15 is 0 Å². The average molecular weight is 229 g/mol. The zero-order valence-electron chi connectivity index (χ0n) is 9.32. The van der Waals surface area contributed by atoms with Crippen molar-refractivity contribution in [1.29, 1.82) is 0 Å². The Morgan fingerprint density at radius 2 is 2.47 bits per heavy atom. The van der Waals surface area contributed by atoms with Gasteiger partial charge < -0.3 is 15.8 Å². The lowest BCUT2D eigenvalue weighted by Gasteiger charge is -2.10. The number of aromatic nitrogens is 1. The second-order valence-electron chi connectivity index (χ2n) is 3.42. The van der Waals surface area contributed by atoms with Crippen LogP contribution in [0.4, 0.5) is 0 Å². The first-order valence-electron chi connectivity index (χ1n) is 5.15. The van der Waals surface area contributed by atoms with Crippen molar-refractivity contribution >= 4 is 11.3 Å². The minimum atomic E-state index is 0.0561. The minimum absolute atomic E-state index is 0.0561. The van der Waals surface area contributed by atoms with Crippen LogP contribution in [0.1, 0.15) is 16.8 Å². The summed E-state index contributed by atoms with van der Waals surface area (Å²) in [6.07, 6.45) is 3.00. The Bertz CT molecular complexity index is 277. The van der Waals surface area contributed by atoms with E-state index in [4.69, 9.17) is 10.5 Å². The van der Waals surface area contributed by atoms with Gasteiger partial charge in [0.2, 0.25) is 0 Å². The molecule has 1 aromatic heterocycles. The Morgan fingerprint density at radius 1 is 1.67 bits per heavy atom. The third kappa shape index (κ3) is 4.70. The first-order valence-corrected chi connectivity index (χ1v) is 5.96. The van der Waals surface area contributed by atoms with E-state index in [1.807, 2.05) is 6.20 Å². The number of rotatable bonds is 7. The van der Waals surface area contributed by atoms with Crippen LogP contribution in [0.2, 0.25) is 0 Å². The van der Waals surface area contributed by atoms with E-state index < -0.39 is 0 Å². The molecule has 0 amide bonds. The number of hydrogen-bond donors (Lipinski definition) is 2. The fourth-order valence-corrected chi connectivity index (χ4v) is 2.06. The van der Waals surface area contributed by atoms with E-state index in [2.05, 4.69) is 17.2 Å². The fraction of sp³-hybridized carbons (Fsp3) is 0.700. The summed E-state index contributed by atoms with van der Waals surface area (Å²) < 4.78 is 4.95. The normalized spacial score (nSPS) is 13.0. The summed E-state index contributed by atoms with van der Waals surface area (Å²) >= 11 is 1.75. The van der Waals surface area contributed by atoms with Crippen LogP contribution < -0.4 is 11.1 Å². The molecule has 0 saturated carbocycles. The van der Waals surface area contributed by atoms with Gasteiger partial charge in [0.05, 0.1) is 6.61 Å². The molecule has 86 valence electrons. The predicted molar refractivity (Wildman–Crippen MR) is 63.1 cm³/mol. The lowest BCUT2D eigenvalue weighted by molar-refractivity contribution is 0.179. The number of nitrogens with one attached hydrogen (secondary N) is 1. The summed E-state index contributed by atoms with van der Waals surface area (Å²) in [5, 5.41) is 4.39. The van der Waals surface area contributed by atoms with Crippen molar-refractivity contribution in [2.45, 2.75) is 25.9 Å². The zero-order chi connectivity index (χ0) is 11.1. The molecule has 0 fully saturated rings. The van der Waals surface area contributed by atoms with Crippen molar-refractivity contribution in [2.75, 3.05) is 20.3 Å². The third-order valence-corrected chi connectivity index (χ3v) is 3.16. The molecule has 0 radical (unpaired) electrons. The van der Waals surface area contributed by atoms with Crippen LogP contribution in [0.5, 0.6) is 0 Å². The second-order valence-corrected chi connectivity index (χ2v) is 4.62. The van der Waals surface area contributed by atoms with E-state index in [0.29, 0.717) is 6.61 Å². The highest BCUT2D eigenvalue weighted by Gasteiger charge is 2.03. The highest BCUT2D eigenvalue weighted by molar-refractivity contribution is 7.11. The van der Waals surface area contributed by atoms with Gasteiger partial charge in [0, 0.05) is 37.3 Å². The molecule has 5 heteroatoms. The fourth-order valence-electron chi connectivity index (χ4n) is 1.23. The number of aryl methyl sites for hydroxylation is 1. The summed E-state index contributed by atoms with van der Waals surface area (Å²) in [7, 11) is 1.66. The maximum absolute atomic E-state index is 5.78. The van der Waals surface area contributed by atoms with Gasteiger partial charge in [-0.1, -0.05) is 6.92 Å². The smallest absolute Gasteiger partial charge is 0.107 e. The Labute approximate surface area is 94.8 Å². The summed E-state index contributed by atoms with van der Waals surface area (Å²) in [6, 6.07) is 0.0561. The SMILES string of the molecule is CCc1cnc(CNCC(N)COC)s1. The van der Waals surface area contributed by atoms with Gasteiger partial charge >= 0.3 is 0 Å². The molecule has 1 rings (SSSR count). The van der Waals surface area contributed by atoms with E-state index in [1.165, 1.54) is 4.88 Å². The number of nitrogens with two attached hydrogens (primary N) is 1. The average Bonchev–Trinajstić information content (AvgIpc) is 2.66. The van der Waals surface area contributed by atoms with E-state index in [0.717, 1.165) is 24.5 Å². The van der Waals surface area contributed by atoms with Crippen molar-refractivity contribution in [2.24, 2.45) is 5.73 Å². The first-order chi connectivity index (χ1) is 7.26. The standard InChI is InChI=1S/C10H19N3OS/c1-3-9-5-13-10(15-9)6-12-4-8(11)7-14-2/h5,8,12H,3-4,6-7,11H2,1-2H3.